The zero-order chi connectivity index (χ0) is 16.4. The van der Waals surface area contributed by atoms with Gasteiger partial charge < -0.3 is 0 Å². The number of hydrogen-bond acceptors (Lipinski definition) is 4. The fourth-order valence-electron chi connectivity index (χ4n) is 2.98. The van der Waals surface area contributed by atoms with Crippen molar-refractivity contribution in [2.24, 2.45) is 18.1 Å². The van der Waals surface area contributed by atoms with Crippen molar-refractivity contribution in [1.29, 1.82) is 0 Å². The fourth-order valence-corrected chi connectivity index (χ4v) is 2.98. The minimum absolute atomic E-state index is 0.218. The number of carbonyl (C=O) groups is 1. The Hall–Kier alpha value is -2.50. The third-order valence-corrected chi connectivity index (χ3v) is 4.36. The molecule has 23 heavy (non-hydrogen) atoms. The third-order valence-electron chi connectivity index (χ3n) is 4.36. The van der Waals surface area contributed by atoms with Crippen LogP contribution in [0.5, 0.6) is 0 Å². The van der Waals surface area contributed by atoms with Crippen molar-refractivity contribution in [1.82, 2.24) is 15.2 Å². The zero-order valence-corrected chi connectivity index (χ0v) is 13.4. The lowest BCUT2D eigenvalue weighted by Crippen LogP contribution is -2.28. The second kappa shape index (κ2) is 6.32. The van der Waals surface area contributed by atoms with E-state index in [-0.39, 0.29) is 17.2 Å². The first-order valence-corrected chi connectivity index (χ1v) is 7.91. The molecule has 1 saturated carbocycles. The van der Waals surface area contributed by atoms with E-state index < -0.39 is 0 Å². The number of hydrogen-bond donors (Lipinski definition) is 1. The maximum atomic E-state index is 12.5. The molecule has 1 heterocycles. The maximum Gasteiger partial charge on any atom is 0.292 e. The lowest BCUT2D eigenvalue weighted by Gasteiger charge is -2.19. The summed E-state index contributed by atoms with van der Waals surface area (Å²) in [4.78, 5) is 24.6. The Morgan fingerprint density at radius 3 is 2.78 bits per heavy atom. The van der Waals surface area contributed by atoms with E-state index in [1.165, 1.54) is 11.1 Å². The summed E-state index contributed by atoms with van der Waals surface area (Å²) in [5.41, 5.74) is 3.64. The molecule has 0 aliphatic heterocycles. The third kappa shape index (κ3) is 3.02. The van der Waals surface area contributed by atoms with Crippen molar-refractivity contribution < 1.29 is 4.79 Å². The van der Waals surface area contributed by atoms with Crippen LogP contribution in [-0.2, 0) is 7.05 Å². The van der Waals surface area contributed by atoms with Gasteiger partial charge in [0.05, 0.1) is 5.39 Å². The molecule has 0 bridgehead atoms. The number of nitrogens with one attached hydrogen (secondary N) is 1. The van der Waals surface area contributed by atoms with Crippen LogP contribution in [0, 0.1) is 5.92 Å². The minimum Gasteiger partial charge on any atom is -0.267 e. The first-order valence-electron chi connectivity index (χ1n) is 7.91. The Morgan fingerprint density at radius 1 is 1.30 bits per heavy atom. The van der Waals surface area contributed by atoms with Crippen LogP contribution in [0.15, 0.2) is 34.2 Å². The van der Waals surface area contributed by atoms with E-state index in [4.69, 9.17) is 0 Å². The molecule has 6 heteroatoms. The van der Waals surface area contributed by atoms with Crippen molar-refractivity contribution in [2.75, 3.05) is 0 Å². The zero-order valence-electron chi connectivity index (χ0n) is 13.4. The summed E-state index contributed by atoms with van der Waals surface area (Å²) in [6.07, 6.45) is 4.35. The summed E-state index contributed by atoms with van der Waals surface area (Å²) < 4.78 is 1.19. The summed E-state index contributed by atoms with van der Waals surface area (Å²) in [7, 11) is 1.54. The van der Waals surface area contributed by atoms with E-state index in [2.05, 4.69) is 22.5 Å². The molecule has 2 aromatic rings. The maximum absolute atomic E-state index is 12.5. The van der Waals surface area contributed by atoms with E-state index in [1.54, 1.807) is 31.3 Å². The Bertz CT molecular complexity index is 838. The molecule has 1 aliphatic carbocycles. The van der Waals surface area contributed by atoms with Gasteiger partial charge in [-0.3, -0.25) is 9.59 Å². The highest BCUT2D eigenvalue weighted by atomic mass is 16.2. The predicted molar refractivity (Wildman–Crippen MR) is 89.5 cm³/mol. The lowest BCUT2D eigenvalue weighted by atomic mass is 9.89. The molecule has 1 fully saturated rings. The van der Waals surface area contributed by atoms with Crippen molar-refractivity contribution in [3.63, 3.8) is 0 Å². The first-order chi connectivity index (χ1) is 11.1. The molecule has 3 rings (SSSR count). The molecular formula is C17H20N4O2. The Kier molecular flexibility index (Phi) is 4.23. The van der Waals surface area contributed by atoms with Gasteiger partial charge in [-0.1, -0.05) is 31.5 Å². The second-order valence-corrected chi connectivity index (χ2v) is 6.01. The van der Waals surface area contributed by atoms with Gasteiger partial charge in [0.25, 0.3) is 11.5 Å². The van der Waals surface area contributed by atoms with Crippen LogP contribution in [0.1, 0.15) is 43.1 Å². The molecule has 1 aromatic carbocycles. The highest BCUT2D eigenvalue weighted by Crippen LogP contribution is 2.20. The normalized spacial score (nSPS) is 19.9. The minimum atomic E-state index is -0.387. The first kappa shape index (κ1) is 15.4. The fraction of sp³-hybridized carbons (Fsp3) is 0.412. The van der Waals surface area contributed by atoms with Crippen LogP contribution in [0.4, 0.5) is 0 Å². The summed E-state index contributed by atoms with van der Waals surface area (Å²) in [6, 6.07) is 6.99. The Morgan fingerprint density at radius 2 is 2.04 bits per heavy atom. The van der Waals surface area contributed by atoms with Gasteiger partial charge >= 0.3 is 0 Å². The number of fused-ring (bicyclic) bond motifs is 1. The molecule has 6 nitrogen and oxygen atoms in total. The van der Waals surface area contributed by atoms with Crippen molar-refractivity contribution in [3.8, 4) is 0 Å². The Labute approximate surface area is 134 Å². The van der Waals surface area contributed by atoms with Crippen LogP contribution in [-0.4, -0.2) is 21.4 Å². The molecule has 0 radical (unpaired) electrons. The molecular weight excluding hydrogens is 292 g/mol. The van der Waals surface area contributed by atoms with Crippen molar-refractivity contribution in [3.05, 3.63) is 40.3 Å². The molecule has 1 aliphatic rings. The SMILES string of the molecule is C[C@@H]1CCCC/C1=N/NC(=O)c1nn(C)c(=O)c2ccccc12. The van der Waals surface area contributed by atoms with Crippen LogP contribution in [0.3, 0.4) is 0 Å². The van der Waals surface area contributed by atoms with Gasteiger partial charge in [0.2, 0.25) is 0 Å². The number of carbonyl (C=O) groups excluding carboxylic acids is 1. The number of aromatic nitrogens is 2. The molecule has 1 atom stereocenters. The Balaban J connectivity index is 1.94. The highest BCUT2D eigenvalue weighted by molar-refractivity contribution is 6.05. The average molecular weight is 312 g/mol. The molecule has 1 aromatic heterocycles. The number of aryl methyl sites for hydroxylation is 1. The molecule has 1 amide bonds. The average Bonchev–Trinajstić information content (AvgIpc) is 2.57. The standard InChI is InChI=1S/C17H20N4O2/c1-11-7-3-6-10-14(11)18-19-16(22)15-12-8-4-5-9-13(12)17(23)21(2)20-15/h4-5,8-9,11H,3,6-7,10H2,1-2H3,(H,19,22)/b18-14-/t11-/m1/s1. The molecule has 0 saturated heterocycles. The molecule has 0 unspecified atom stereocenters. The number of benzene rings is 1. The van der Waals surface area contributed by atoms with Crippen molar-refractivity contribution in [2.45, 2.75) is 32.6 Å². The largest absolute Gasteiger partial charge is 0.292 e. The van der Waals surface area contributed by atoms with Crippen molar-refractivity contribution >= 4 is 22.4 Å². The number of hydrazone groups is 1. The van der Waals surface area contributed by atoms with E-state index in [0.717, 1.165) is 25.0 Å². The van der Waals surface area contributed by atoms with Crippen LogP contribution in [0.25, 0.3) is 10.8 Å². The van der Waals surface area contributed by atoms with E-state index in [1.807, 2.05) is 0 Å². The highest BCUT2D eigenvalue weighted by Gasteiger charge is 2.18. The van der Waals surface area contributed by atoms with Crippen LogP contribution >= 0.6 is 0 Å². The van der Waals surface area contributed by atoms with Crippen LogP contribution < -0.4 is 11.0 Å². The van der Waals surface area contributed by atoms with Gasteiger partial charge in [-0.15, -0.1) is 0 Å². The van der Waals surface area contributed by atoms with Gasteiger partial charge in [-0.25, -0.2) is 10.1 Å². The monoisotopic (exact) mass is 312 g/mol. The lowest BCUT2D eigenvalue weighted by molar-refractivity contribution is 0.0949. The summed E-state index contributed by atoms with van der Waals surface area (Å²) >= 11 is 0. The van der Waals surface area contributed by atoms with E-state index >= 15 is 0 Å². The van der Waals surface area contributed by atoms with Crippen LogP contribution in [0.2, 0.25) is 0 Å². The second-order valence-electron chi connectivity index (χ2n) is 6.01. The number of amides is 1. The predicted octanol–water partition coefficient (Wildman–Crippen LogP) is 2.23. The summed E-state index contributed by atoms with van der Waals surface area (Å²) in [5.74, 6) is 0.0101. The molecule has 0 spiro atoms. The van der Waals surface area contributed by atoms with E-state index in [9.17, 15) is 9.59 Å². The summed E-state index contributed by atoms with van der Waals surface area (Å²) in [5, 5.41) is 9.42. The number of rotatable bonds is 2. The topological polar surface area (TPSA) is 76.3 Å². The number of nitrogens with zero attached hydrogens (tertiary/aromatic N) is 3. The van der Waals surface area contributed by atoms with Gasteiger partial charge in [0, 0.05) is 18.1 Å². The van der Waals surface area contributed by atoms with Gasteiger partial charge in [-0.2, -0.15) is 10.2 Å². The van der Waals surface area contributed by atoms with Gasteiger partial charge in [-0.05, 0) is 31.2 Å². The summed E-state index contributed by atoms with van der Waals surface area (Å²) in [6.45, 7) is 2.13. The van der Waals surface area contributed by atoms with E-state index in [0.29, 0.717) is 16.7 Å². The molecule has 1 N–H and O–H groups in total. The quantitative estimate of drug-likeness (QED) is 0.864. The van der Waals surface area contributed by atoms with Gasteiger partial charge in [0.15, 0.2) is 5.69 Å². The smallest absolute Gasteiger partial charge is 0.267 e. The van der Waals surface area contributed by atoms with Gasteiger partial charge in [0.1, 0.15) is 0 Å². The molecule has 120 valence electrons.